The zero-order valence-electron chi connectivity index (χ0n) is 10.3. The van der Waals surface area contributed by atoms with Crippen LogP contribution in [0.2, 0.25) is 0 Å². The van der Waals surface area contributed by atoms with Crippen LogP contribution in [0.1, 0.15) is 38.3 Å². The molecule has 2 unspecified atom stereocenters. The fourth-order valence-electron chi connectivity index (χ4n) is 2.39. The molecule has 1 fully saturated rings. The van der Waals surface area contributed by atoms with E-state index < -0.39 is 0 Å². The maximum absolute atomic E-state index is 5.89. The van der Waals surface area contributed by atoms with Crippen molar-refractivity contribution >= 4 is 5.82 Å². The second-order valence-electron chi connectivity index (χ2n) is 5.07. The summed E-state index contributed by atoms with van der Waals surface area (Å²) >= 11 is 0. The van der Waals surface area contributed by atoms with Gasteiger partial charge in [0.15, 0.2) is 5.82 Å². The molecule has 17 heavy (non-hydrogen) atoms. The van der Waals surface area contributed by atoms with Crippen molar-refractivity contribution in [3.8, 4) is 0 Å². The van der Waals surface area contributed by atoms with E-state index in [0.29, 0.717) is 12.0 Å². The Morgan fingerprint density at radius 2 is 2.18 bits per heavy atom. The van der Waals surface area contributed by atoms with E-state index in [-0.39, 0.29) is 6.10 Å². The standard InChI is InChI=1S/C14H18N2O/c1-10(2)13-4-3-5-14(15-13)16-11-6-8-12(17-16)9-7-11/h3-6,8,10-12H,7,9H2,1-2H3. The lowest BCUT2D eigenvalue weighted by Crippen LogP contribution is -2.46. The lowest BCUT2D eigenvalue weighted by atomic mass is 9.98. The Bertz CT molecular complexity index is 442. The van der Waals surface area contributed by atoms with Crippen LogP contribution in [0.4, 0.5) is 5.82 Å². The maximum atomic E-state index is 5.89. The highest BCUT2D eigenvalue weighted by Gasteiger charge is 2.31. The van der Waals surface area contributed by atoms with Crippen LogP contribution in [0.5, 0.6) is 0 Å². The number of hydrogen-bond acceptors (Lipinski definition) is 3. The lowest BCUT2D eigenvalue weighted by molar-refractivity contribution is 0.00208. The molecule has 0 N–H and O–H groups in total. The first kappa shape index (κ1) is 10.8. The minimum atomic E-state index is 0.240. The van der Waals surface area contributed by atoms with E-state index in [1.165, 1.54) is 0 Å². The van der Waals surface area contributed by atoms with Crippen LogP contribution in [-0.4, -0.2) is 17.1 Å². The van der Waals surface area contributed by atoms with E-state index in [0.717, 1.165) is 24.4 Å². The van der Waals surface area contributed by atoms with Crippen molar-refractivity contribution in [1.82, 2.24) is 4.98 Å². The van der Waals surface area contributed by atoms with E-state index in [4.69, 9.17) is 4.84 Å². The minimum absolute atomic E-state index is 0.240. The van der Waals surface area contributed by atoms with Crippen molar-refractivity contribution in [2.24, 2.45) is 0 Å². The Kier molecular flexibility index (Phi) is 2.63. The zero-order chi connectivity index (χ0) is 11.8. The minimum Gasteiger partial charge on any atom is -0.264 e. The first-order chi connectivity index (χ1) is 8.24. The molecular weight excluding hydrogens is 212 g/mol. The summed E-state index contributed by atoms with van der Waals surface area (Å²) in [4.78, 5) is 10.6. The molecular formula is C14H18N2O. The molecule has 3 heteroatoms. The van der Waals surface area contributed by atoms with E-state index in [1.807, 2.05) is 11.1 Å². The topological polar surface area (TPSA) is 25.4 Å². The van der Waals surface area contributed by atoms with Crippen molar-refractivity contribution in [3.05, 3.63) is 36.0 Å². The molecule has 4 rings (SSSR count). The Morgan fingerprint density at radius 1 is 1.29 bits per heavy atom. The summed E-state index contributed by atoms with van der Waals surface area (Å²) in [5, 5.41) is 1.97. The van der Waals surface area contributed by atoms with Crippen LogP contribution in [0.25, 0.3) is 0 Å². The smallest absolute Gasteiger partial charge is 0.153 e. The van der Waals surface area contributed by atoms with Gasteiger partial charge in [-0.3, -0.25) is 4.84 Å². The van der Waals surface area contributed by atoms with E-state index in [2.05, 4.69) is 43.1 Å². The molecule has 1 aromatic heterocycles. The van der Waals surface area contributed by atoms with Gasteiger partial charge in [0.05, 0.1) is 6.04 Å². The molecule has 2 bridgehead atoms. The molecule has 2 aliphatic heterocycles. The number of rotatable bonds is 2. The molecule has 3 heterocycles. The highest BCUT2D eigenvalue weighted by Crippen LogP contribution is 2.31. The molecule has 1 aliphatic carbocycles. The molecule has 90 valence electrons. The van der Waals surface area contributed by atoms with Gasteiger partial charge in [0.2, 0.25) is 0 Å². The lowest BCUT2D eigenvalue weighted by Gasteiger charge is -2.41. The normalized spacial score (nSPS) is 26.9. The molecule has 1 aromatic rings. The molecule has 0 radical (unpaired) electrons. The predicted molar refractivity (Wildman–Crippen MR) is 67.8 cm³/mol. The zero-order valence-corrected chi connectivity index (χ0v) is 10.3. The number of aromatic nitrogens is 1. The van der Waals surface area contributed by atoms with Gasteiger partial charge < -0.3 is 0 Å². The Morgan fingerprint density at radius 3 is 2.76 bits per heavy atom. The van der Waals surface area contributed by atoms with Crippen LogP contribution in [-0.2, 0) is 4.84 Å². The van der Waals surface area contributed by atoms with Crippen molar-refractivity contribution in [2.45, 2.75) is 44.8 Å². The van der Waals surface area contributed by atoms with Crippen LogP contribution >= 0.6 is 0 Å². The molecule has 2 atom stereocenters. The largest absolute Gasteiger partial charge is 0.264 e. The molecule has 1 saturated heterocycles. The first-order valence-electron chi connectivity index (χ1n) is 6.35. The average molecular weight is 230 g/mol. The number of hydroxylamine groups is 1. The summed E-state index contributed by atoms with van der Waals surface area (Å²) in [7, 11) is 0. The second-order valence-corrected chi connectivity index (χ2v) is 5.07. The highest BCUT2D eigenvalue weighted by atomic mass is 16.7. The number of fused-ring (bicyclic) bond motifs is 2. The van der Waals surface area contributed by atoms with Gasteiger partial charge in [-0.05, 0) is 30.9 Å². The predicted octanol–water partition coefficient (Wildman–Crippen LogP) is 3.04. The summed E-state index contributed by atoms with van der Waals surface area (Å²) in [6, 6.07) is 6.52. The summed E-state index contributed by atoms with van der Waals surface area (Å²) < 4.78 is 0. The molecule has 3 nitrogen and oxygen atoms in total. The number of nitrogens with zero attached hydrogens (tertiary/aromatic N) is 2. The molecule has 0 saturated carbocycles. The van der Waals surface area contributed by atoms with E-state index in [1.54, 1.807) is 0 Å². The van der Waals surface area contributed by atoms with E-state index >= 15 is 0 Å². The number of anilines is 1. The van der Waals surface area contributed by atoms with Crippen LogP contribution in [0.15, 0.2) is 30.4 Å². The molecule has 3 aliphatic rings. The van der Waals surface area contributed by atoms with Gasteiger partial charge in [-0.15, -0.1) is 0 Å². The van der Waals surface area contributed by atoms with Crippen LogP contribution in [0, 0.1) is 0 Å². The van der Waals surface area contributed by atoms with Gasteiger partial charge in [0.1, 0.15) is 6.10 Å². The summed E-state index contributed by atoms with van der Waals surface area (Å²) in [6.07, 6.45) is 6.93. The molecule has 0 spiro atoms. The number of pyridine rings is 1. The summed E-state index contributed by atoms with van der Waals surface area (Å²) in [5.41, 5.74) is 1.12. The summed E-state index contributed by atoms with van der Waals surface area (Å²) in [6.45, 7) is 4.32. The van der Waals surface area contributed by atoms with Crippen molar-refractivity contribution in [3.63, 3.8) is 0 Å². The second kappa shape index (κ2) is 4.15. The van der Waals surface area contributed by atoms with Crippen LogP contribution in [0.3, 0.4) is 0 Å². The third kappa shape index (κ3) is 1.95. The maximum Gasteiger partial charge on any atom is 0.153 e. The third-order valence-electron chi connectivity index (χ3n) is 3.42. The molecule has 0 amide bonds. The fraction of sp³-hybridized carbons (Fsp3) is 0.500. The average Bonchev–Trinajstić information content (AvgIpc) is 2.40. The van der Waals surface area contributed by atoms with Crippen molar-refractivity contribution in [2.75, 3.05) is 5.06 Å². The fourth-order valence-corrected chi connectivity index (χ4v) is 2.39. The monoisotopic (exact) mass is 230 g/mol. The summed E-state index contributed by atoms with van der Waals surface area (Å²) in [5.74, 6) is 1.39. The number of hydrogen-bond donors (Lipinski definition) is 0. The van der Waals surface area contributed by atoms with Gasteiger partial charge in [0.25, 0.3) is 0 Å². The van der Waals surface area contributed by atoms with Gasteiger partial charge in [-0.1, -0.05) is 32.1 Å². The first-order valence-corrected chi connectivity index (χ1v) is 6.35. The van der Waals surface area contributed by atoms with Gasteiger partial charge in [-0.2, -0.15) is 0 Å². The Balaban J connectivity index is 1.89. The third-order valence-corrected chi connectivity index (χ3v) is 3.42. The quantitative estimate of drug-likeness (QED) is 0.730. The van der Waals surface area contributed by atoms with Crippen LogP contribution < -0.4 is 5.06 Å². The Labute approximate surface area is 102 Å². The van der Waals surface area contributed by atoms with E-state index in [9.17, 15) is 0 Å². The molecule has 0 aromatic carbocycles. The van der Waals surface area contributed by atoms with Crippen molar-refractivity contribution in [1.29, 1.82) is 0 Å². The van der Waals surface area contributed by atoms with Gasteiger partial charge in [0, 0.05) is 5.69 Å². The van der Waals surface area contributed by atoms with Gasteiger partial charge >= 0.3 is 0 Å². The van der Waals surface area contributed by atoms with Gasteiger partial charge in [-0.25, -0.2) is 10.0 Å². The SMILES string of the molecule is CC(C)c1cccc(N2OC3C=CC2CC3)n1. The Hall–Kier alpha value is -1.35. The van der Waals surface area contributed by atoms with Crippen molar-refractivity contribution < 1.29 is 4.84 Å². The highest BCUT2D eigenvalue weighted by molar-refractivity contribution is 5.41.